The molecule has 6 aromatic rings. The summed E-state index contributed by atoms with van der Waals surface area (Å²) in [5.41, 5.74) is 0.869. The molecule has 0 aliphatic rings. The van der Waals surface area contributed by atoms with Gasteiger partial charge in [0.05, 0.1) is 22.5 Å². The first kappa shape index (κ1) is 26.9. The Morgan fingerprint density at radius 3 is 1.40 bits per heavy atom. The maximum absolute atomic E-state index is 12.3. The number of thiazole rings is 2. The van der Waals surface area contributed by atoms with E-state index in [0.29, 0.717) is 31.9 Å². The fraction of sp³-hybridized carbons (Fsp3) is 0. The summed E-state index contributed by atoms with van der Waals surface area (Å²) in [6.45, 7) is 0. The lowest BCUT2D eigenvalue weighted by atomic mass is 10.0. The number of aromatic hydroxyl groups is 2. The van der Waals surface area contributed by atoms with Gasteiger partial charge in [-0.3, -0.25) is 0 Å². The summed E-state index contributed by atoms with van der Waals surface area (Å²) in [4.78, 5) is 33.5. The van der Waals surface area contributed by atoms with E-state index in [1.165, 1.54) is 47.0 Å². The lowest BCUT2D eigenvalue weighted by Crippen LogP contribution is -2.01. The molecule has 0 unspecified atom stereocenters. The van der Waals surface area contributed by atoms with Crippen LogP contribution in [0.3, 0.4) is 0 Å². The number of carboxylic acid groups (broad SMARTS) is 2. The molecule has 6 rings (SSSR count). The van der Waals surface area contributed by atoms with E-state index in [1.54, 1.807) is 35.0 Å². The van der Waals surface area contributed by atoms with E-state index in [1.807, 2.05) is 36.4 Å². The standard InChI is InChI=1S/C32H20N2O6S2/c35-27-11-9-17-5-1-3-7-19(17)21(27)13-23(31(37)38)25-15-41-29(33-25)30-34-26(16-42-30)24(32(39)40)14-22-20-8-4-2-6-18(20)10-12-28(22)36/h1-16,35-36H,(H,37,38)(H,39,40)/b23-13+,24-14?. The van der Waals surface area contributed by atoms with Gasteiger partial charge < -0.3 is 20.4 Å². The smallest absolute Gasteiger partial charge is 0.337 e. The minimum Gasteiger partial charge on any atom is -0.507 e. The second kappa shape index (κ2) is 10.9. The van der Waals surface area contributed by atoms with Gasteiger partial charge in [0.1, 0.15) is 11.5 Å². The Hall–Kier alpha value is -5.32. The molecule has 4 aromatic carbocycles. The Balaban J connectivity index is 1.38. The first-order valence-electron chi connectivity index (χ1n) is 12.5. The molecule has 0 saturated heterocycles. The van der Waals surface area contributed by atoms with Crippen molar-refractivity contribution in [1.29, 1.82) is 0 Å². The van der Waals surface area contributed by atoms with Gasteiger partial charge >= 0.3 is 11.9 Å². The zero-order valence-electron chi connectivity index (χ0n) is 21.6. The van der Waals surface area contributed by atoms with E-state index in [-0.39, 0.29) is 34.0 Å². The minimum atomic E-state index is -1.22. The van der Waals surface area contributed by atoms with Crippen molar-refractivity contribution in [3.8, 4) is 21.5 Å². The maximum Gasteiger partial charge on any atom is 0.337 e. The predicted octanol–water partition coefficient (Wildman–Crippen LogP) is 7.23. The first-order valence-corrected chi connectivity index (χ1v) is 14.3. The quantitative estimate of drug-likeness (QED) is 0.142. The van der Waals surface area contributed by atoms with Crippen molar-refractivity contribution in [2.24, 2.45) is 0 Å². The molecule has 10 heteroatoms. The van der Waals surface area contributed by atoms with E-state index in [9.17, 15) is 30.0 Å². The second-order valence-corrected chi connectivity index (χ2v) is 11.0. The van der Waals surface area contributed by atoms with Crippen LogP contribution in [0.2, 0.25) is 0 Å². The topological polar surface area (TPSA) is 141 Å². The molecule has 4 N–H and O–H groups in total. The molecule has 0 amide bonds. The molecule has 0 atom stereocenters. The summed E-state index contributed by atoms with van der Waals surface area (Å²) < 4.78 is 0. The number of benzene rings is 4. The van der Waals surface area contributed by atoms with Crippen LogP contribution in [0.1, 0.15) is 22.5 Å². The largest absolute Gasteiger partial charge is 0.507 e. The van der Waals surface area contributed by atoms with Gasteiger partial charge in [-0.15, -0.1) is 22.7 Å². The Kier molecular flexibility index (Phi) is 6.99. The monoisotopic (exact) mass is 592 g/mol. The molecular weight excluding hydrogens is 572 g/mol. The normalized spacial score (nSPS) is 12.2. The molecule has 2 aromatic heterocycles. The fourth-order valence-electron chi connectivity index (χ4n) is 4.64. The summed E-state index contributed by atoms with van der Waals surface area (Å²) in [6.07, 6.45) is 2.79. The van der Waals surface area contributed by atoms with Crippen molar-refractivity contribution in [3.63, 3.8) is 0 Å². The van der Waals surface area contributed by atoms with Crippen LogP contribution < -0.4 is 0 Å². The molecular formula is C32H20N2O6S2. The highest BCUT2D eigenvalue weighted by Crippen LogP contribution is 2.36. The van der Waals surface area contributed by atoms with Gasteiger partial charge in [-0.1, -0.05) is 60.7 Å². The van der Waals surface area contributed by atoms with Crippen molar-refractivity contribution in [2.45, 2.75) is 0 Å². The third-order valence-corrected chi connectivity index (χ3v) is 8.50. The zero-order chi connectivity index (χ0) is 29.4. The molecule has 8 nitrogen and oxygen atoms in total. The van der Waals surface area contributed by atoms with Gasteiger partial charge in [-0.25, -0.2) is 19.6 Å². The molecule has 0 radical (unpaired) electrons. The van der Waals surface area contributed by atoms with Gasteiger partial charge in [0.2, 0.25) is 0 Å². The van der Waals surface area contributed by atoms with Gasteiger partial charge in [-0.05, 0) is 45.8 Å². The summed E-state index contributed by atoms with van der Waals surface area (Å²) in [6, 6.07) is 21.2. The fourth-order valence-corrected chi connectivity index (χ4v) is 6.33. The van der Waals surface area contributed by atoms with Crippen molar-refractivity contribution >= 4 is 79.5 Å². The minimum absolute atomic E-state index is 0.0577. The summed E-state index contributed by atoms with van der Waals surface area (Å²) in [5, 5.41) is 48.1. The number of nitrogens with zero attached hydrogens (tertiary/aromatic N) is 2. The van der Waals surface area contributed by atoms with Crippen LogP contribution in [0.5, 0.6) is 11.5 Å². The Morgan fingerprint density at radius 2 is 1.00 bits per heavy atom. The highest BCUT2D eigenvalue weighted by molar-refractivity contribution is 7.19. The van der Waals surface area contributed by atoms with E-state index >= 15 is 0 Å². The Morgan fingerprint density at radius 1 is 0.595 bits per heavy atom. The molecule has 0 fully saturated rings. The molecule has 0 bridgehead atoms. The number of aromatic nitrogens is 2. The molecule has 2 heterocycles. The summed E-state index contributed by atoms with van der Waals surface area (Å²) in [7, 11) is 0. The van der Waals surface area contributed by atoms with Crippen molar-refractivity contribution in [2.75, 3.05) is 0 Å². The van der Waals surface area contributed by atoms with Crippen molar-refractivity contribution < 1.29 is 30.0 Å². The van der Waals surface area contributed by atoms with Crippen LogP contribution in [0.4, 0.5) is 0 Å². The molecule has 206 valence electrons. The Labute approximate surface area is 246 Å². The van der Waals surface area contributed by atoms with Crippen LogP contribution in [-0.4, -0.2) is 42.3 Å². The summed E-state index contributed by atoms with van der Waals surface area (Å²) in [5.74, 6) is -2.55. The number of phenolic OH excluding ortho intramolecular Hbond substituents is 2. The summed E-state index contributed by atoms with van der Waals surface area (Å²) >= 11 is 2.34. The van der Waals surface area contributed by atoms with Gasteiger partial charge in [-0.2, -0.15) is 0 Å². The SMILES string of the molecule is O=C(O)C(=Cc1c(O)ccc2ccccc12)c1csc(-c2nc(/C(=C\c3c(O)ccc4ccccc34)C(=O)O)cs2)n1. The third kappa shape index (κ3) is 5.00. The molecule has 0 saturated carbocycles. The molecule has 0 aliphatic carbocycles. The lowest BCUT2D eigenvalue weighted by molar-refractivity contribution is -0.131. The van der Waals surface area contributed by atoms with Crippen LogP contribution >= 0.6 is 22.7 Å². The van der Waals surface area contributed by atoms with E-state index in [4.69, 9.17) is 0 Å². The van der Waals surface area contributed by atoms with Gasteiger partial charge in [0, 0.05) is 21.9 Å². The number of fused-ring (bicyclic) bond motifs is 2. The number of phenols is 2. The first-order chi connectivity index (χ1) is 20.3. The molecule has 0 spiro atoms. The molecule has 0 aliphatic heterocycles. The number of rotatable bonds is 7. The third-order valence-electron chi connectivity index (χ3n) is 6.68. The highest BCUT2D eigenvalue weighted by atomic mass is 32.1. The van der Waals surface area contributed by atoms with E-state index in [0.717, 1.165) is 10.8 Å². The predicted molar refractivity (Wildman–Crippen MR) is 165 cm³/mol. The number of aliphatic carboxylic acids is 2. The van der Waals surface area contributed by atoms with E-state index in [2.05, 4.69) is 9.97 Å². The Bertz CT molecular complexity index is 1940. The number of carboxylic acids is 2. The van der Waals surface area contributed by atoms with Crippen LogP contribution in [-0.2, 0) is 9.59 Å². The zero-order valence-corrected chi connectivity index (χ0v) is 23.2. The molecule has 42 heavy (non-hydrogen) atoms. The van der Waals surface area contributed by atoms with Gasteiger partial charge in [0.15, 0.2) is 10.0 Å². The second-order valence-electron chi connectivity index (χ2n) is 9.24. The average Bonchev–Trinajstić information content (AvgIpc) is 3.66. The van der Waals surface area contributed by atoms with E-state index < -0.39 is 11.9 Å². The van der Waals surface area contributed by atoms with Crippen LogP contribution in [0.25, 0.3) is 54.9 Å². The maximum atomic E-state index is 12.3. The highest BCUT2D eigenvalue weighted by Gasteiger charge is 2.21. The number of carbonyl (C=O) groups is 2. The van der Waals surface area contributed by atoms with Crippen molar-refractivity contribution in [1.82, 2.24) is 9.97 Å². The van der Waals surface area contributed by atoms with Crippen LogP contribution in [0, 0.1) is 0 Å². The number of hydrogen-bond donors (Lipinski definition) is 4. The average molecular weight is 593 g/mol. The lowest BCUT2D eigenvalue weighted by Gasteiger charge is -2.07. The van der Waals surface area contributed by atoms with Crippen molar-refractivity contribution in [3.05, 3.63) is 106 Å². The van der Waals surface area contributed by atoms with Crippen LogP contribution in [0.15, 0.2) is 83.6 Å². The van der Waals surface area contributed by atoms with Gasteiger partial charge in [0.25, 0.3) is 0 Å². The number of hydrogen-bond acceptors (Lipinski definition) is 8.